The van der Waals surface area contributed by atoms with Crippen molar-refractivity contribution in [3.05, 3.63) is 52.6 Å². The minimum Gasteiger partial charge on any atom is -0.326 e. The van der Waals surface area contributed by atoms with E-state index < -0.39 is 0 Å². The fraction of sp³-hybridized carbons (Fsp3) is 0.0769. The van der Waals surface area contributed by atoms with Crippen molar-refractivity contribution in [2.45, 2.75) is 6.54 Å². The molecule has 18 heavy (non-hydrogen) atoms. The number of hydrogen-bond donors (Lipinski definition) is 1. The zero-order chi connectivity index (χ0) is 12.5. The van der Waals surface area contributed by atoms with Crippen molar-refractivity contribution >= 4 is 21.6 Å². The van der Waals surface area contributed by atoms with Crippen molar-refractivity contribution in [3.8, 4) is 11.4 Å². The third kappa shape index (κ3) is 1.81. The first kappa shape index (κ1) is 11.4. The van der Waals surface area contributed by atoms with Gasteiger partial charge in [-0.15, -0.1) is 10.2 Å². The van der Waals surface area contributed by atoms with Gasteiger partial charge in [0.15, 0.2) is 11.5 Å². The first-order chi connectivity index (χ1) is 8.79. The summed E-state index contributed by atoms with van der Waals surface area (Å²) in [5.41, 5.74) is 8.55. The minimum atomic E-state index is 0.503. The van der Waals surface area contributed by atoms with Crippen molar-refractivity contribution in [1.82, 2.24) is 14.6 Å². The molecule has 0 atom stereocenters. The molecule has 3 aromatic rings. The Labute approximate surface area is 113 Å². The molecule has 2 N–H and O–H groups in total. The molecule has 3 rings (SSSR count). The topological polar surface area (TPSA) is 56.2 Å². The van der Waals surface area contributed by atoms with Crippen LogP contribution < -0.4 is 5.73 Å². The highest BCUT2D eigenvalue weighted by Crippen LogP contribution is 2.26. The molecule has 2 aromatic heterocycles. The summed E-state index contributed by atoms with van der Waals surface area (Å²) in [6.45, 7) is 0.503. The van der Waals surface area contributed by atoms with Crippen molar-refractivity contribution < 1.29 is 0 Å². The highest BCUT2D eigenvalue weighted by molar-refractivity contribution is 9.10. The standard InChI is InChI=1S/C13H11BrN4/c14-11-4-2-1-3-10(11)13-17-16-12-6-5-9(7-15)8-18(12)13/h1-6,8H,7,15H2. The summed E-state index contributed by atoms with van der Waals surface area (Å²) >= 11 is 3.53. The second-order valence-corrected chi connectivity index (χ2v) is 4.83. The quantitative estimate of drug-likeness (QED) is 0.792. The largest absolute Gasteiger partial charge is 0.326 e. The van der Waals surface area contributed by atoms with E-state index >= 15 is 0 Å². The van der Waals surface area contributed by atoms with E-state index in [1.807, 2.05) is 47.0 Å². The number of nitrogens with two attached hydrogens (primary N) is 1. The molecule has 4 nitrogen and oxygen atoms in total. The number of rotatable bonds is 2. The molecule has 0 aliphatic rings. The van der Waals surface area contributed by atoms with Crippen LogP contribution in [0.4, 0.5) is 0 Å². The van der Waals surface area contributed by atoms with Crippen molar-refractivity contribution in [2.75, 3.05) is 0 Å². The Kier molecular flexibility index (Phi) is 2.85. The lowest BCUT2D eigenvalue weighted by Gasteiger charge is -2.04. The number of nitrogens with zero attached hydrogens (tertiary/aromatic N) is 3. The number of aromatic nitrogens is 3. The van der Waals surface area contributed by atoms with Crippen LogP contribution in [-0.2, 0) is 6.54 Å². The Balaban J connectivity index is 2.26. The number of pyridine rings is 1. The van der Waals surface area contributed by atoms with E-state index in [0.29, 0.717) is 6.54 Å². The number of fused-ring (bicyclic) bond motifs is 1. The van der Waals surface area contributed by atoms with Crippen molar-refractivity contribution in [2.24, 2.45) is 5.73 Å². The predicted molar refractivity (Wildman–Crippen MR) is 74.0 cm³/mol. The summed E-state index contributed by atoms with van der Waals surface area (Å²) in [5, 5.41) is 8.41. The summed E-state index contributed by atoms with van der Waals surface area (Å²) in [6.07, 6.45) is 1.98. The van der Waals surface area contributed by atoms with Gasteiger partial charge >= 0.3 is 0 Å². The normalized spacial score (nSPS) is 11.0. The van der Waals surface area contributed by atoms with Gasteiger partial charge in [-0.1, -0.05) is 40.2 Å². The van der Waals surface area contributed by atoms with Gasteiger partial charge in [-0.05, 0) is 17.7 Å². The molecular weight excluding hydrogens is 292 g/mol. The maximum Gasteiger partial charge on any atom is 0.169 e. The van der Waals surface area contributed by atoms with E-state index in [0.717, 1.165) is 27.1 Å². The first-order valence-corrected chi connectivity index (χ1v) is 6.37. The van der Waals surface area contributed by atoms with E-state index in [9.17, 15) is 0 Å². The molecule has 0 aliphatic carbocycles. The second-order valence-electron chi connectivity index (χ2n) is 3.97. The zero-order valence-electron chi connectivity index (χ0n) is 9.55. The van der Waals surface area contributed by atoms with Gasteiger partial charge in [0.2, 0.25) is 0 Å². The molecule has 0 aliphatic heterocycles. The van der Waals surface area contributed by atoms with E-state index in [4.69, 9.17) is 5.73 Å². The van der Waals surface area contributed by atoms with Gasteiger partial charge in [-0.2, -0.15) is 0 Å². The summed E-state index contributed by atoms with van der Waals surface area (Å²) < 4.78 is 2.96. The van der Waals surface area contributed by atoms with Crippen molar-refractivity contribution in [3.63, 3.8) is 0 Å². The first-order valence-electron chi connectivity index (χ1n) is 5.58. The molecule has 0 fully saturated rings. The smallest absolute Gasteiger partial charge is 0.169 e. The van der Waals surface area contributed by atoms with E-state index in [1.165, 1.54) is 0 Å². The van der Waals surface area contributed by atoms with Crippen LogP contribution in [0.25, 0.3) is 17.0 Å². The van der Waals surface area contributed by atoms with Crippen LogP contribution in [0.3, 0.4) is 0 Å². The molecule has 0 saturated heterocycles. The molecule has 2 heterocycles. The van der Waals surface area contributed by atoms with Crippen LogP contribution in [0.5, 0.6) is 0 Å². The van der Waals surface area contributed by atoms with Gasteiger partial charge in [0.1, 0.15) is 0 Å². The van der Waals surface area contributed by atoms with Crippen LogP contribution >= 0.6 is 15.9 Å². The third-order valence-corrected chi connectivity index (χ3v) is 3.51. The maximum atomic E-state index is 5.66. The minimum absolute atomic E-state index is 0.503. The zero-order valence-corrected chi connectivity index (χ0v) is 11.1. The van der Waals surface area contributed by atoms with Crippen LogP contribution in [0, 0.1) is 0 Å². The molecular formula is C13H11BrN4. The van der Waals surface area contributed by atoms with E-state index in [1.54, 1.807) is 0 Å². The van der Waals surface area contributed by atoms with Gasteiger partial charge in [0.05, 0.1) is 0 Å². The van der Waals surface area contributed by atoms with Crippen LogP contribution in [0.1, 0.15) is 5.56 Å². The van der Waals surface area contributed by atoms with Gasteiger partial charge in [0.25, 0.3) is 0 Å². The Hall–Kier alpha value is -1.72. The monoisotopic (exact) mass is 302 g/mol. The third-order valence-electron chi connectivity index (χ3n) is 2.81. The molecule has 5 heteroatoms. The Bertz CT molecular complexity index is 705. The van der Waals surface area contributed by atoms with E-state index in [-0.39, 0.29) is 0 Å². The number of hydrogen-bond acceptors (Lipinski definition) is 3. The predicted octanol–water partition coefficient (Wildman–Crippen LogP) is 2.62. The highest BCUT2D eigenvalue weighted by Gasteiger charge is 2.10. The summed E-state index contributed by atoms with van der Waals surface area (Å²) in [5.74, 6) is 0.813. The van der Waals surface area contributed by atoms with Crippen LogP contribution in [0.2, 0.25) is 0 Å². The average molecular weight is 303 g/mol. The molecule has 0 spiro atoms. The Morgan fingerprint density at radius 3 is 2.72 bits per heavy atom. The SMILES string of the molecule is NCc1ccc2nnc(-c3ccccc3Br)n2c1. The van der Waals surface area contributed by atoms with Gasteiger partial charge in [0, 0.05) is 22.8 Å². The fourth-order valence-corrected chi connectivity index (χ4v) is 2.34. The van der Waals surface area contributed by atoms with Crippen molar-refractivity contribution in [1.29, 1.82) is 0 Å². The Morgan fingerprint density at radius 1 is 1.11 bits per heavy atom. The van der Waals surface area contributed by atoms with Crippen LogP contribution in [-0.4, -0.2) is 14.6 Å². The second kappa shape index (κ2) is 4.51. The van der Waals surface area contributed by atoms with Gasteiger partial charge in [-0.25, -0.2) is 0 Å². The van der Waals surface area contributed by atoms with Gasteiger partial charge in [-0.3, -0.25) is 4.40 Å². The lowest BCUT2D eigenvalue weighted by Crippen LogP contribution is -1.99. The average Bonchev–Trinajstić information content (AvgIpc) is 2.82. The molecule has 0 radical (unpaired) electrons. The molecule has 1 aromatic carbocycles. The maximum absolute atomic E-state index is 5.66. The van der Waals surface area contributed by atoms with Gasteiger partial charge < -0.3 is 5.73 Å². The Morgan fingerprint density at radius 2 is 1.94 bits per heavy atom. The molecule has 0 saturated carbocycles. The molecule has 0 amide bonds. The lowest BCUT2D eigenvalue weighted by atomic mass is 10.2. The summed E-state index contributed by atoms with van der Waals surface area (Å²) in [7, 11) is 0. The highest BCUT2D eigenvalue weighted by atomic mass is 79.9. The number of benzene rings is 1. The summed E-state index contributed by atoms with van der Waals surface area (Å²) in [4.78, 5) is 0. The lowest BCUT2D eigenvalue weighted by molar-refractivity contribution is 1.03. The van der Waals surface area contributed by atoms with E-state index in [2.05, 4.69) is 26.1 Å². The fourth-order valence-electron chi connectivity index (χ4n) is 1.88. The summed E-state index contributed by atoms with van der Waals surface area (Å²) in [6, 6.07) is 11.8. The number of halogens is 1. The molecule has 0 unspecified atom stereocenters. The molecule has 0 bridgehead atoms. The van der Waals surface area contributed by atoms with Crippen LogP contribution in [0.15, 0.2) is 47.1 Å². The molecule has 90 valence electrons.